The van der Waals surface area contributed by atoms with E-state index in [2.05, 4.69) is 46.0 Å². The first-order chi connectivity index (χ1) is 10.3. The van der Waals surface area contributed by atoms with Gasteiger partial charge in [-0.1, -0.05) is 25.1 Å². The molecule has 4 nitrogen and oxygen atoms in total. The van der Waals surface area contributed by atoms with Gasteiger partial charge in [-0.3, -0.25) is 9.88 Å². The lowest BCUT2D eigenvalue weighted by Crippen LogP contribution is -2.19. The largest absolute Gasteiger partial charge is 0.341 e. The first-order valence-corrected chi connectivity index (χ1v) is 7.31. The number of para-hydroxylation sites is 2. The lowest BCUT2D eigenvalue weighted by atomic mass is 10.1. The average Bonchev–Trinajstić information content (AvgIpc) is 2.89. The predicted molar refractivity (Wildman–Crippen MR) is 84.9 cm³/mol. The minimum absolute atomic E-state index is 0.786. The van der Waals surface area contributed by atoms with Gasteiger partial charge in [0.1, 0.15) is 5.82 Å². The minimum Gasteiger partial charge on any atom is -0.341 e. The molecule has 0 radical (unpaired) electrons. The van der Waals surface area contributed by atoms with Crippen LogP contribution in [0.2, 0.25) is 0 Å². The van der Waals surface area contributed by atoms with E-state index in [1.165, 1.54) is 5.56 Å². The van der Waals surface area contributed by atoms with Gasteiger partial charge < -0.3 is 4.98 Å². The van der Waals surface area contributed by atoms with Gasteiger partial charge in [-0.05, 0) is 37.2 Å². The standard InChI is InChI=1S/C17H20N4/c1-3-13-7-6-10-18-16(13)11-21(2)12-17-19-14-8-4-5-9-15(14)20-17/h4-10H,3,11-12H2,1-2H3,(H,19,20). The molecular weight excluding hydrogens is 260 g/mol. The van der Waals surface area contributed by atoms with Crippen LogP contribution in [0, 0.1) is 0 Å². The summed E-state index contributed by atoms with van der Waals surface area (Å²) in [7, 11) is 2.10. The number of pyridine rings is 1. The number of nitrogens with one attached hydrogen (secondary N) is 1. The Morgan fingerprint density at radius 1 is 1.10 bits per heavy atom. The Morgan fingerprint density at radius 3 is 2.76 bits per heavy atom. The van der Waals surface area contributed by atoms with Crippen LogP contribution < -0.4 is 0 Å². The van der Waals surface area contributed by atoms with Crippen LogP contribution in [0.4, 0.5) is 0 Å². The highest BCUT2D eigenvalue weighted by atomic mass is 15.1. The van der Waals surface area contributed by atoms with Gasteiger partial charge in [0.05, 0.1) is 23.3 Å². The molecule has 1 N–H and O–H groups in total. The zero-order valence-electron chi connectivity index (χ0n) is 12.5. The maximum atomic E-state index is 4.62. The third-order valence-electron chi connectivity index (χ3n) is 3.64. The molecule has 2 heterocycles. The van der Waals surface area contributed by atoms with Gasteiger partial charge in [0, 0.05) is 12.7 Å². The van der Waals surface area contributed by atoms with Gasteiger partial charge in [-0.25, -0.2) is 4.98 Å². The summed E-state index contributed by atoms with van der Waals surface area (Å²) in [4.78, 5) is 14.7. The Kier molecular flexibility index (Phi) is 3.97. The highest BCUT2D eigenvalue weighted by molar-refractivity contribution is 5.74. The van der Waals surface area contributed by atoms with Gasteiger partial charge in [0.15, 0.2) is 0 Å². The maximum absolute atomic E-state index is 4.62. The molecule has 0 aliphatic rings. The third-order valence-corrected chi connectivity index (χ3v) is 3.64. The highest BCUT2D eigenvalue weighted by Gasteiger charge is 2.09. The number of hydrogen-bond donors (Lipinski definition) is 1. The number of hydrogen-bond acceptors (Lipinski definition) is 3. The van der Waals surface area contributed by atoms with Crippen molar-refractivity contribution in [3.63, 3.8) is 0 Å². The van der Waals surface area contributed by atoms with E-state index in [-0.39, 0.29) is 0 Å². The summed E-state index contributed by atoms with van der Waals surface area (Å²) in [6, 6.07) is 12.3. The van der Waals surface area contributed by atoms with E-state index in [1.54, 1.807) is 0 Å². The number of fused-ring (bicyclic) bond motifs is 1. The Balaban J connectivity index is 1.72. The van der Waals surface area contributed by atoms with Crippen LogP contribution in [-0.2, 0) is 19.5 Å². The lowest BCUT2D eigenvalue weighted by molar-refractivity contribution is 0.307. The van der Waals surface area contributed by atoms with Crippen LogP contribution in [0.1, 0.15) is 24.0 Å². The molecule has 0 fully saturated rings. The number of imidazole rings is 1. The van der Waals surface area contributed by atoms with Crippen molar-refractivity contribution < 1.29 is 0 Å². The van der Waals surface area contributed by atoms with E-state index in [9.17, 15) is 0 Å². The number of aromatic amines is 1. The van der Waals surface area contributed by atoms with Crippen LogP contribution in [0.3, 0.4) is 0 Å². The van der Waals surface area contributed by atoms with Crippen LogP contribution >= 0.6 is 0 Å². The molecule has 1 aromatic carbocycles. The molecule has 0 saturated heterocycles. The molecule has 0 unspecified atom stereocenters. The summed E-state index contributed by atoms with van der Waals surface area (Å²) in [5, 5.41) is 0. The van der Waals surface area contributed by atoms with E-state index in [1.807, 2.05) is 30.5 Å². The fourth-order valence-corrected chi connectivity index (χ4v) is 2.58. The zero-order valence-corrected chi connectivity index (χ0v) is 12.5. The molecule has 3 rings (SSSR count). The Bertz CT molecular complexity index is 699. The molecule has 0 aliphatic heterocycles. The topological polar surface area (TPSA) is 44.8 Å². The number of rotatable bonds is 5. The van der Waals surface area contributed by atoms with E-state index >= 15 is 0 Å². The Morgan fingerprint density at radius 2 is 1.95 bits per heavy atom. The second kappa shape index (κ2) is 6.06. The lowest BCUT2D eigenvalue weighted by Gasteiger charge is -2.16. The van der Waals surface area contributed by atoms with Crippen molar-refractivity contribution in [3.8, 4) is 0 Å². The van der Waals surface area contributed by atoms with Gasteiger partial charge in [0.25, 0.3) is 0 Å². The SMILES string of the molecule is CCc1cccnc1CN(C)Cc1nc2ccccc2[nH]1. The smallest absolute Gasteiger partial charge is 0.121 e. The summed E-state index contributed by atoms with van der Waals surface area (Å²) < 4.78 is 0. The van der Waals surface area contributed by atoms with E-state index in [0.717, 1.165) is 42.1 Å². The minimum atomic E-state index is 0.786. The van der Waals surface area contributed by atoms with Gasteiger partial charge in [-0.15, -0.1) is 0 Å². The van der Waals surface area contributed by atoms with Gasteiger partial charge >= 0.3 is 0 Å². The van der Waals surface area contributed by atoms with Gasteiger partial charge in [-0.2, -0.15) is 0 Å². The van der Waals surface area contributed by atoms with Crippen molar-refractivity contribution in [2.75, 3.05) is 7.05 Å². The molecule has 108 valence electrons. The van der Waals surface area contributed by atoms with Crippen molar-refractivity contribution >= 4 is 11.0 Å². The van der Waals surface area contributed by atoms with E-state index in [4.69, 9.17) is 0 Å². The van der Waals surface area contributed by atoms with Crippen LogP contribution in [-0.4, -0.2) is 26.9 Å². The first-order valence-electron chi connectivity index (χ1n) is 7.31. The zero-order chi connectivity index (χ0) is 14.7. The molecule has 4 heteroatoms. The molecule has 0 amide bonds. The van der Waals surface area contributed by atoms with Crippen molar-refractivity contribution in [3.05, 3.63) is 59.7 Å². The maximum Gasteiger partial charge on any atom is 0.121 e. The summed E-state index contributed by atoms with van der Waals surface area (Å²) >= 11 is 0. The van der Waals surface area contributed by atoms with Crippen molar-refractivity contribution in [2.45, 2.75) is 26.4 Å². The van der Waals surface area contributed by atoms with E-state index in [0.29, 0.717) is 0 Å². The molecule has 0 bridgehead atoms. The van der Waals surface area contributed by atoms with Crippen LogP contribution in [0.25, 0.3) is 11.0 Å². The molecule has 0 aliphatic carbocycles. The van der Waals surface area contributed by atoms with Crippen molar-refractivity contribution in [2.24, 2.45) is 0 Å². The Labute approximate surface area is 124 Å². The fraction of sp³-hybridized carbons (Fsp3) is 0.294. The van der Waals surface area contributed by atoms with Crippen molar-refractivity contribution in [1.82, 2.24) is 19.9 Å². The van der Waals surface area contributed by atoms with Gasteiger partial charge in [0.2, 0.25) is 0 Å². The fourth-order valence-electron chi connectivity index (χ4n) is 2.58. The second-order valence-electron chi connectivity index (χ2n) is 5.34. The highest BCUT2D eigenvalue weighted by Crippen LogP contribution is 2.13. The number of H-pyrrole nitrogens is 1. The number of nitrogens with zero attached hydrogens (tertiary/aromatic N) is 3. The number of benzene rings is 1. The third kappa shape index (κ3) is 3.11. The first kappa shape index (κ1) is 13.8. The monoisotopic (exact) mass is 280 g/mol. The molecule has 2 aromatic heterocycles. The number of aromatic nitrogens is 3. The average molecular weight is 280 g/mol. The molecule has 3 aromatic rings. The molecule has 0 spiro atoms. The summed E-state index contributed by atoms with van der Waals surface area (Å²) in [5.74, 6) is 0.993. The molecular formula is C17H20N4. The van der Waals surface area contributed by atoms with Crippen LogP contribution in [0.15, 0.2) is 42.6 Å². The molecule has 21 heavy (non-hydrogen) atoms. The molecule has 0 saturated carbocycles. The summed E-state index contributed by atoms with van der Waals surface area (Å²) in [5.41, 5.74) is 4.58. The normalized spacial score (nSPS) is 11.4. The Hall–Kier alpha value is -2.20. The quantitative estimate of drug-likeness (QED) is 0.781. The number of aryl methyl sites for hydroxylation is 1. The summed E-state index contributed by atoms with van der Waals surface area (Å²) in [6.45, 7) is 3.79. The predicted octanol–water partition coefficient (Wildman–Crippen LogP) is 3.15. The summed E-state index contributed by atoms with van der Waals surface area (Å²) in [6.07, 6.45) is 2.88. The van der Waals surface area contributed by atoms with E-state index < -0.39 is 0 Å². The van der Waals surface area contributed by atoms with Crippen molar-refractivity contribution in [1.29, 1.82) is 0 Å². The van der Waals surface area contributed by atoms with Crippen LogP contribution in [0.5, 0.6) is 0 Å². The second-order valence-corrected chi connectivity index (χ2v) is 5.34. The molecule has 0 atom stereocenters.